The largest absolute Gasteiger partial charge is 0.392 e. The van der Waals surface area contributed by atoms with Gasteiger partial charge in [-0.1, -0.05) is 43.3 Å². The molecule has 128 valence electrons. The maximum Gasteiger partial charge on any atom is 0.253 e. The van der Waals surface area contributed by atoms with Crippen molar-refractivity contribution in [1.82, 2.24) is 9.80 Å². The summed E-state index contributed by atoms with van der Waals surface area (Å²) in [5.41, 5.74) is 4.07. The standard InChI is InChI=1S/C20H26N2O2/c1-4-22(13-16-5-7-18(15-23)8-6-16)14-17-9-11-19(12-10-17)20(24)21(2)3/h5-12,23H,4,13-15H2,1-3H3. The SMILES string of the molecule is CCN(Cc1ccc(CO)cc1)Cc1ccc(C(=O)N(C)C)cc1. The van der Waals surface area contributed by atoms with Gasteiger partial charge in [-0.15, -0.1) is 0 Å². The monoisotopic (exact) mass is 326 g/mol. The molecule has 0 atom stereocenters. The molecule has 2 aromatic carbocycles. The molecule has 0 bridgehead atoms. The number of hydrogen-bond donors (Lipinski definition) is 1. The molecule has 0 fully saturated rings. The lowest BCUT2D eigenvalue weighted by Gasteiger charge is -2.21. The fraction of sp³-hybridized carbons (Fsp3) is 0.350. The van der Waals surface area contributed by atoms with E-state index in [2.05, 4.69) is 24.0 Å². The molecule has 2 rings (SSSR count). The zero-order valence-corrected chi connectivity index (χ0v) is 14.7. The summed E-state index contributed by atoms with van der Waals surface area (Å²) in [5, 5.41) is 9.11. The van der Waals surface area contributed by atoms with Crippen LogP contribution in [0.2, 0.25) is 0 Å². The molecule has 0 saturated heterocycles. The number of hydrogen-bond acceptors (Lipinski definition) is 3. The number of amides is 1. The molecule has 0 aromatic heterocycles. The van der Waals surface area contributed by atoms with Crippen LogP contribution in [-0.2, 0) is 19.7 Å². The van der Waals surface area contributed by atoms with Crippen LogP contribution in [0.1, 0.15) is 34.0 Å². The lowest BCUT2D eigenvalue weighted by molar-refractivity contribution is 0.0827. The molecule has 1 N–H and O–H groups in total. The summed E-state index contributed by atoms with van der Waals surface area (Å²) in [6, 6.07) is 15.9. The molecule has 0 aliphatic rings. The Bertz CT molecular complexity index is 648. The van der Waals surface area contributed by atoms with Gasteiger partial charge < -0.3 is 10.0 Å². The Kier molecular flexibility index (Phi) is 6.53. The summed E-state index contributed by atoms with van der Waals surface area (Å²) in [5.74, 6) is 0.0258. The molecule has 0 heterocycles. The second-order valence-electron chi connectivity index (χ2n) is 6.17. The molecular weight excluding hydrogens is 300 g/mol. The fourth-order valence-corrected chi connectivity index (χ4v) is 2.56. The minimum Gasteiger partial charge on any atom is -0.392 e. The summed E-state index contributed by atoms with van der Waals surface area (Å²) in [4.78, 5) is 15.9. The number of carbonyl (C=O) groups is 1. The van der Waals surface area contributed by atoms with E-state index in [9.17, 15) is 4.79 Å². The molecule has 1 amide bonds. The van der Waals surface area contributed by atoms with Gasteiger partial charge in [-0.3, -0.25) is 9.69 Å². The lowest BCUT2D eigenvalue weighted by Crippen LogP contribution is -2.23. The van der Waals surface area contributed by atoms with E-state index in [0.29, 0.717) is 5.56 Å². The van der Waals surface area contributed by atoms with Gasteiger partial charge in [-0.25, -0.2) is 0 Å². The van der Waals surface area contributed by atoms with Crippen LogP contribution in [0.25, 0.3) is 0 Å². The molecule has 0 aliphatic carbocycles. The Hall–Kier alpha value is -2.17. The minimum absolute atomic E-state index is 0.0258. The zero-order chi connectivity index (χ0) is 17.5. The third kappa shape index (κ3) is 4.91. The van der Waals surface area contributed by atoms with Gasteiger partial charge in [-0.05, 0) is 35.4 Å². The molecular formula is C20H26N2O2. The second-order valence-corrected chi connectivity index (χ2v) is 6.17. The van der Waals surface area contributed by atoms with Gasteiger partial charge in [0.25, 0.3) is 5.91 Å². The number of carbonyl (C=O) groups excluding carboxylic acids is 1. The summed E-state index contributed by atoms with van der Waals surface area (Å²) >= 11 is 0. The van der Waals surface area contributed by atoms with Crippen molar-refractivity contribution in [1.29, 1.82) is 0 Å². The third-order valence-corrected chi connectivity index (χ3v) is 4.07. The van der Waals surface area contributed by atoms with E-state index < -0.39 is 0 Å². The van der Waals surface area contributed by atoms with Crippen molar-refractivity contribution in [3.8, 4) is 0 Å². The predicted molar refractivity (Wildman–Crippen MR) is 96.6 cm³/mol. The average molecular weight is 326 g/mol. The highest BCUT2D eigenvalue weighted by Gasteiger charge is 2.09. The molecule has 4 heteroatoms. The van der Waals surface area contributed by atoms with Crippen LogP contribution in [-0.4, -0.2) is 41.5 Å². The number of nitrogens with zero attached hydrogens (tertiary/aromatic N) is 2. The van der Waals surface area contributed by atoms with Gasteiger partial charge in [0.05, 0.1) is 6.61 Å². The summed E-state index contributed by atoms with van der Waals surface area (Å²) in [6.07, 6.45) is 0. The highest BCUT2D eigenvalue weighted by molar-refractivity contribution is 5.93. The van der Waals surface area contributed by atoms with Crippen LogP contribution in [0.5, 0.6) is 0 Å². The molecule has 0 aliphatic heterocycles. The van der Waals surface area contributed by atoms with E-state index >= 15 is 0 Å². The van der Waals surface area contributed by atoms with Crippen molar-refractivity contribution in [2.24, 2.45) is 0 Å². The van der Waals surface area contributed by atoms with Crippen LogP contribution in [0.3, 0.4) is 0 Å². The molecule has 0 spiro atoms. The fourth-order valence-electron chi connectivity index (χ4n) is 2.56. The number of benzene rings is 2. The predicted octanol–water partition coefficient (Wildman–Crippen LogP) is 2.90. The highest BCUT2D eigenvalue weighted by atomic mass is 16.3. The van der Waals surface area contributed by atoms with E-state index in [0.717, 1.165) is 25.2 Å². The normalized spacial score (nSPS) is 10.9. The molecule has 0 unspecified atom stereocenters. The summed E-state index contributed by atoms with van der Waals surface area (Å²) < 4.78 is 0. The summed E-state index contributed by atoms with van der Waals surface area (Å²) in [7, 11) is 3.52. The van der Waals surface area contributed by atoms with Crippen LogP contribution < -0.4 is 0 Å². The highest BCUT2D eigenvalue weighted by Crippen LogP contribution is 2.13. The first-order chi connectivity index (χ1) is 11.5. The number of rotatable bonds is 7. The van der Waals surface area contributed by atoms with Gasteiger partial charge in [0.2, 0.25) is 0 Å². The van der Waals surface area contributed by atoms with Crippen molar-refractivity contribution in [2.75, 3.05) is 20.6 Å². The average Bonchev–Trinajstić information content (AvgIpc) is 2.61. The Labute approximate surface area is 144 Å². The van der Waals surface area contributed by atoms with Gasteiger partial charge >= 0.3 is 0 Å². The number of aliphatic hydroxyl groups excluding tert-OH is 1. The van der Waals surface area contributed by atoms with E-state index in [4.69, 9.17) is 5.11 Å². The molecule has 0 radical (unpaired) electrons. The maximum atomic E-state index is 11.9. The zero-order valence-electron chi connectivity index (χ0n) is 14.7. The van der Waals surface area contributed by atoms with E-state index in [1.165, 1.54) is 11.1 Å². The second kappa shape index (κ2) is 8.62. The smallest absolute Gasteiger partial charge is 0.253 e. The Balaban J connectivity index is 2.00. The van der Waals surface area contributed by atoms with Crippen molar-refractivity contribution in [3.05, 3.63) is 70.8 Å². The molecule has 4 nitrogen and oxygen atoms in total. The van der Waals surface area contributed by atoms with Gasteiger partial charge in [0.1, 0.15) is 0 Å². The Morgan fingerprint density at radius 3 is 1.75 bits per heavy atom. The minimum atomic E-state index is 0.0258. The van der Waals surface area contributed by atoms with E-state index in [1.54, 1.807) is 19.0 Å². The van der Waals surface area contributed by atoms with Crippen LogP contribution in [0.4, 0.5) is 0 Å². The topological polar surface area (TPSA) is 43.8 Å². The van der Waals surface area contributed by atoms with Crippen LogP contribution in [0.15, 0.2) is 48.5 Å². The molecule has 2 aromatic rings. The van der Waals surface area contributed by atoms with Crippen molar-refractivity contribution >= 4 is 5.91 Å². The van der Waals surface area contributed by atoms with Crippen molar-refractivity contribution < 1.29 is 9.90 Å². The van der Waals surface area contributed by atoms with Gasteiger partial charge in [0.15, 0.2) is 0 Å². The first-order valence-corrected chi connectivity index (χ1v) is 8.25. The van der Waals surface area contributed by atoms with E-state index in [-0.39, 0.29) is 12.5 Å². The van der Waals surface area contributed by atoms with Crippen molar-refractivity contribution in [3.63, 3.8) is 0 Å². The maximum absolute atomic E-state index is 11.9. The Morgan fingerprint density at radius 1 is 0.875 bits per heavy atom. The number of aliphatic hydroxyl groups is 1. The lowest BCUT2D eigenvalue weighted by atomic mass is 10.1. The first kappa shape index (κ1) is 18.2. The van der Waals surface area contributed by atoms with Crippen molar-refractivity contribution in [2.45, 2.75) is 26.6 Å². The van der Waals surface area contributed by atoms with E-state index in [1.807, 2.05) is 36.4 Å². The van der Waals surface area contributed by atoms with Crippen LogP contribution in [0, 0.1) is 0 Å². The van der Waals surface area contributed by atoms with Crippen LogP contribution >= 0.6 is 0 Å². The van der Waals surface area contributed by atoms with Gasteiger partial charge in [-0.2, -0.15) is 0 Å². The quantitative estimate of drug-likeness (QED) is 0.851. The molecule has 0 saturated carbocycles. The van der Waals surface area contributed by atoms with Gasteiger partial charge in [0, 0.05) is 32.7 Å². The molecule has 24 heavy (non-hydrogen) atoms. The Morgan fingerprint density at radius 2 is 1.33 bits per heavy atom. The first-order valence-electron chi connectivity index (χ1n) is 8.25. The summed E-state index contributed by atoms with van der Waals surface area (Å²) in [6.45, 7) is 4.87. The third-order valence-electron chi connectivity index (χ3n) is 4.07.